The van der Waals surface area contributed by atoms with E-state index in [9.17, 15) is 9.59 Å². The Hall–Kier alpha value is -2.82. The Morgan fingerprint density at radius 3 is 2.19 bits per heavy atom. The lowest BCUT2D eigenvalue weighted by atomic mass is 10.1. The summed E-state index contributed by atoms with van der Waals surface area (Å²) in [4.78, 5) is 21.8. The number of aromatic carboxylic acids is 2. The molecule has 0 unspecified atom stereocenters. The zero-order valence-electron chi connectivity index (χ0n) is 11.2. The number of hydrogen-bond donors (Lipinski definition) is 3. The molecule has 0 aromatic heterocycles. The Labute approximate surface area is 121 Å². The van der Waals surface area contributed by atoms with Gasteiger partial charge in [-0.1, -0.05) is 24.3 Å². The molecule has 2 rings (SSSR count). The summed E-state index contributed by atoms with van der Waals surface area (Å²) in [5.41, 5.74) is 2.05. The molecule has 21 heavy (non-hydrogen) atoms. The summed E-state index contributed by atoms with van der Waals surface area (Å²) < 4.78 is 0. The number of hydrogen-bond acceptors (Lipinski definition) is 3. The number of carboxylic acids is 2. The highest BCUT2D eigenvalue weighted by Crippen LogP contribution is 2.15. The predicted octanol–water partition coefficient (Wildman–Crippen LogP) is 2.74. The molecule has 0 aliphatic carbocycles. The predicted molar refractivity (Wildman–Crippen MR) is 79.0 cm³/mol. The number of carbonyl (C=O) groups is 2. The number of para-hydroxylation sites is 1. The number of nitrogens with one attached hydrogen (secondary N) is 1. The van der Waals surface area contributed by atoms with Crippen molar-refractivity contribution in [1.82, 2.24) is 0 Å². The van der Waals surface area contributed by atoms with Crippen molar-refractivity contribution < 1.29 is 19.8 Å². The lowest BCUT2D eigenvalue weighted by Gasteiger charge is -2.09. The van der Waals surface area contributed by atoms with Crippen molar-refractivity contribution in [2.75, 3.05) is 11.9 Å². The molecule has 0 aliphatic heterocycles. The molecule has 108 valence electrons. The third kappa shape index (κ3) is 3.82. The monoisotopic (exact) mass is 285 g/mol. The van der Waals surface area contributed by atoms with Gasteiger partial charge in [-0.05, 0) is 36.2 Å². The highest BCUT2D eigenvalue weighted by molar-refractivity contribution is 5.94. The smallest absolute Gasteiger partial charge is 0.337 e. The van der Waals surface area contributed by atoms with Crippen LogP contribution in [0, 0.1) is 0 Å². The van der Waals surface area contributed by atoms with Crippen molar-refractivity contribution >= 4 is 17.6 Å². The Balaban J connectivity index is 1.95. The first-order valence-electron chi connectivity index (χ1n) is 6.46. The molecule has 5 nitrogen and oxygen atoms in total. The van der Waals surface area contributed by atoms with Gasteiger partial charge < -0.3 is 15.5 Å². The van der Waals surface area contributed by atoms with Crippen molar-refractivity contribution in [3.63, 3.8) is 0 Å². The fourth-order valence-corrected chi connectivity index (χ4v) is 1.98. The van der Waals surface area contributed by atoms with Gasteiger partial charge >= 0.3 is 11.9 Å². The van der Waals surface area contributed by atoms with Crippen molar-refractivity contribution in [1.29, 1.82) is 0 Å². The summed E-state index contributed by atoms with van der Waals surface area (Å²) in [6, 6.07) is 13.4. The maximum Gasteiger partial charge on any atom is 0.337 e. The van der Waals surface area contributed by atoms with Crippen molar-refractivity contribution in [3.8, 4) is 0 Å². The summed E-state index contributed by atoms with van der Waals surface area (Å²) in [5, 5.41) is 21.0. The highest BCUT2D eigenvalue weighted by atomic mass is 16.4. The first-order valence-corrected chi connectivity index (χ1v) is 6.46. The van der Waals surface area contributed by atoms with E-state index in [0.29, 0.717) is 18.7 Å². The van der Waals surface area contributed by atoms with Gasteiger partial charge in [0.1, 0.15) is 0 Å². The van der Waals surface area contributed by atoms with Crippen LogP contribution in [0.1, 0.15) is 26.3 Å². The Kier molecular flexibility index (Phi) is 4.56. The van der Waals surface area contributed by atoms with E-state index in [1.54, 1.807) is 48.5 Å². The second-order valence-electron chi connectivity index (χ2n) is 4.53. The van der Waals surface area contributed by atoms with Crippen LogP contribution in [0.5, 0.6) is 0 Å². The molecule has 0 bridgehead atoms. The van der Waals surface area contributed by atoms with Crippen molar-refractivity contribution in [3.05, 3.63) is 65.2 Å². The van der Waals surface area contributed by atoms with Gasteiger partial charge in [-0.2, -0.15) is 0 Å². The third-order valence-electron chi connectivity index (χ3n) is 3.09. The van der Waals surface area contributed by atoms with E-state index in [0.717, 1.165) is 5.56 Å². The lowest BCUT2D eigenvalue weighted by Crippen LogP contribution is -2.09. The van der Waals surface area contributed by atoms with Gasteiger partial charge in [-0.15, -0.1) is 0 Å². The van der Waals surface area contributed by atoms with Crippen LogP contribution < -0.4 is 5.32 Å². The average Bonchev–Trinajstić information content (AvgIpc) is 2.48. The molecule has 0 spiro atoms. The minimum Gasteiger partial charge on any atom is -0.478 e. The first-order chi connectivity index (χ1) is 10.1. The minimum atomic E-state index is -0.969. The van der Waals surface area contributed by atoms with E-state index < -0.39 is 11.9 Å². The highest BCUT2D eigenvalue weighted by Gasteiger charge is 2.08. The molecule has 0 amide bonds. The number of anilines is 1. The second-order valence-corrected chi connectivity index (χ2v) is 4.53. The zero-order valence-corrected chi connectivity index (χ0v) is 11.2. The van der Waals surface area contributed by atoms with E-state index in [2.05, 4.69) is 5.32 Å². The quantitative estimate of drug-likeness (QED) is 0.759. The molecule has 0 fully saturated rings. The van der Waals surface area contributed by atoms with Crippen LogP contribution in [0.15, 0.2) is 48.5 Å². The molecule has 0 saturated heterocycles. The maximum atomic E-state index is 11.1. The summed E-state index contributed by atoms with van der Waals surface area (Å²) >= 11 is 0. The van der Waals surface area contributed by atoms with Crippen LogP contribution in [0.3, 0.4) is 0 Å². The van der Waals surface area contributed by atoms with Gasteiger partial charge in [0.2, 0.25) is 0 Å². The van der Waals surface area contributed by atoms with Crippen LogP contribution in [0.2, 0.25) is 0 Å². The first kappa shape index (κ1) is 14.6. The van der Waals surface area contributed by atoms with Crippen LogP contribution in [0.25, 0.3) is 0 Å². The SMILES string of the molecule is O=C(O)c1ccc(CCNc2ccccc2C(=O)O)cc1. The van der Waals surface area contributed by atoms with Crippen molar-refractivity contribution in [2.45, 2.75) is 6.42 Å². The molecule has 2 aromatic carbocycles. The van der Waals surface area contributed by atoms with E-state index >= 15 is 0 Å². The Bertz CT molecular complexity index is 650. The average molecular weight is 285 g/mol. The number of carboxylic acid groups (broad SMARTS) is 2. The summed E-state index contributed by atoms with van der Waals surface area (Å²) in [7, 11) is 0. The molecule has 3 N–H and O–H groups in total. The molecule has 2 aromatic rings. The zero-order chi connectivity index (χ0) is 15.2. The van der Waals surface area contributed by atoms with Crippen LogP contribution in [-0.2, 0) is 6.42 Å². The normalized spacial score (nSPS) is 10.1. The Morgan fingerprint density at radius 1 is 0.905 bits per heavy atom. The molecule has 0 heterocycles. The summed E-state index contributed by atoms with van der Waals surface area (Å²) in [6.45, 7) is 0.566. The largest absolute Gasteiger partial charge is 0.478 e. The summed E-state index contributed by atoms with van der Waals surface area (Å²) in [5.74, 6) is -1.92. The van der Waals surface area contributed by atoms with Gasteiger partial charge in [0, 0.05) is 12.2 Å². The van der Waals surface area contributed by atoms with Gasteiger partial charge in [0.05, 0.1) is 11.1 Å². The van der Waals surface area contributed by atoms with E-state index in [1.807, 2.05) is 0 Å². The number of rotatable bonds is 6. The van der Waals surface area contributed by atoms with Crippen LogP contribution in [0.4, 0.5) is 5.69 Å². The fourth-order valence-electron chi connectivity index (χ4n) is 1.98. The van der Waals surface area contributed by atoms with Crippen LogP contribution in [-0.4, -0.2) is 28.7 Å². The fraction of sp³-hybridized carbons (Fsp3) is 0.125. The third-order valence-corrected chi connectivity index (χ3v) is 3.09. The molecule has 0 aliphatic rings. The van der Waals surface area contributed by atoms with E-state index in [-0.39, 0.29) is 11.1 Å². The number of benzene rings is 2. The van der Waals surface area contributed by atoms with E-state index in [1.165, 1.54) is 0 Å². The standard InChI is InChI=1S/C16H15NO4/c18-15(19)12-7-5-11(6-8-12)9-10-17-14-4-2-1-3-13(14)16(20)21/h1-8,17H,9-10H2,(H,18,19)(H,20,21). The van der Waals surface area contributed by atoms with E-state index in [4.69, 9.17) is 10.2 Å². The minimum absolute atomic E-state index is 0.235. The molecule has 0 atom stereocenters. The van der Waals surface area contributed by atoms with Gasteiger partial charge in [-0.3, -0.25) is 0 Å². The lowest BCUT2D eigenvalue weighted by molar-refractivity contribution is 0.0686. The maximum absolute atomic E-state index is 11.1. The van der Waals surface area contributed by atoms with Crippen molar-refractivity contribution in [2.24, 2.45) is 0 Å². The molecule has 0 saturated carbocycles. The molecule has 0 radical (unpaired) electrons. The van der Waals surface area contributed by atoms with Gasteiger partial charge in [-0.25, -0.2) is 9.59 Å². The molecule has 5 heteroatoms. The van der Waals surface area contributed by atoms with Crippen LogP contribution >= 0.6 is 0 Å². The molecular formula is C16H15NO4. The topological polar surface area (TPSA) is 86.6 Å². The summed E-state index contributed by atoms with van der Waals surface area (Å²) in [6.07, 6.45) is 0.674. The van der Waals surface area contributed by atoms with Gasteiger partial charge in [0.15, 0.2) is 0 Å². The van der Waals surface area contributed by atoms with Gasteiger partial charge in [0.25, 0.3) is 0 Å². The second kappa shape index (κ2) is 6.56. The Morgan fingerprint density at radius 2 is 1.57 bits per heavy atom. The molecular weight excluding hydrogens is 270 g/mol.